The van der Waals surface area contributed by atoms with E-state index in [1.54, 1.807) is 32.0 Å². The second-order valence-corrected chi connectivity index (χ2v) is 10.3. The standard InChI is InChI=1S/C10H14Cl2NO2PS.C8H16N2O/c1-7(2)13-16(17,14-3)15-10-5-4-8(11)6-9(10)12;1-4-5-10-8(11)6(2)7(3)9/h4-7H,1-3H3,(H,13,17);4-5,9H2,1-3H3,(H,10,11)/b;7-6-. The van der Waals surface area contributed by atoms with Gasteiger partial charge >= 0.3 is 6.64 Å². The van der Waals surface area contributed by atoms with Crippen LogP contribution in [0.4, 0.5) is 0 Å². The molecule has 1 amide bonds. The van der Waals surface area contributed by atoms with Crippen molar-refractivity contribution < 1.29 is 13.8 Å². The second-order valence-electron chi connectivity index (χ2n) is 6.19. The third kappa shape index (κ3) is 10.6. The molecule has 0 aliphatic carbocycles. The Morgan fingerprint density at radius 3 is 2.36 bits per heavy atom. The Labute approximate surface area is 183 Å². The summed E-state index contributed by atoms with van der Waals surface area (Å²) in [5, 5.41) is 6.78. The van der Waals surface area contributed by atoms with Gasteiger partial charge in [-0.3, -0.25) is 4.79 Å². The highest BCUT2D eigenvalue weighted by atomic mass is 35.5. The van der Waals surface area contributed by atoms with Gasteiger partial charge in [-0.1, -0.05) is 30.1 Å². The number of benzene rings is 1. The van der Waals surface area contributed by atoms with Crippen molar-refractivity contribution in [3.05, 3.63) is 39.5 Å². The van der Waals surface area contributed by atoms with E-state index < -0.39 is 6.64 Å². The molecule has 10 heteroatoms. The second kappa shape index (κ2) is 13.4. The fourth-order valence-electron chi connectivity index (χ4n) is 1.66. The number of allylic oxidation sites excluding steroid dienone is 1. The van der Waals surface area contributed by atoms with Crippen LogP contribution in [0.3, 0.4) is 0 Å². The predicted octanol–water partition coefficient (Wildman–Crippen LogP) is 5.01. The monoisotopic (exact) mass is 469 g/mol. The Morgan fingerprint density at radius 2 is 1.93 bits per heavy atom. The van der Waals surface area contributed by atoms with Crippen LogP contribution in [0.5, 0.6) is 5.75 Å². The molecule has 0 heterocycles. The van der Waals surface area contributed by atoms with Crippen LogP contribution in [0.2, 0.25) is 10.0 Å². The first-order valence-corrected chi connectivity index (χ1v) is 12.1. The molecule has 1 aromatic carbocycles. The van der Waals surface area contributed by atoms with Crippen molar-refractivity contribution in [1.29, 1.82) is 0 Å². The van der Waals surface area contributed by atoms with E-state index in [-0.39, 0.29) is 11.9 Å². The molecule has 0 radical (unpaired) electrons. The van der Waals surface area contributed by atoms with Gasteiger partial charge in [0, 0.05) is 36.0 Å². The first-order valence-electron chi connectivity index (χ1n) is 8.75. The zero-order valence-electron chi connectivity index (χ0n) is 17.1. The summed E-state index contributed by atoms with van der Waals surface area (Å²) >= 11 is 17.1. The van der Waals surface area contributed by atoms with Crippen molar-refractivity contribution >= 4 is 47.6 Å². The van der Waals surface area contributed by atoms with Gasteiger partial charge in [0.1, 0.15) is 5.75 Å². The lowest BCUT2D eigenvalue weighted by Crippen LogP contribution is -2.26. The first-order chi connectivity index (χ1) is 13.0. The van der Waals surface area contributed by atoms with Gasteiger partial charge in [0.15, 0.2) is 0 Å². The first kappa shape index (κ1) is 27.2. The summed E-state index contributed by atoms with van der Waals surface area (Å²) in [5.41, 5.74) is 6.62. The zero-order chi connectivity index (χ0) is 21.9. The van der Waals surface area contributed by atoms with E-state index >= 15 is 0 Å². The molecule has 1 rings (SSSR count). The van der Waals surface area contributed by atoms with Crippen LogP contribution in [-0.2, 0) is 21.1 Å². The summed E-state index contributed by atoms with van der Waals surface area (Å²) in [4.78, 5) is 11.1. The summed E-state index contributed by atoms with van der Waals surface area (Å²) in [7, 11) is 1.51. The van der Waals surface area contributed by atoms with Crippen LogP contribution in [0, 0.1) is 0 Å². The van der Waals surface area contributed by atoms with Gasteiger partial charge in [-0.05, 0) is 64.1 Å². The highest BCUT2D eigenvalue weighted by Gasteiger charge is 2.21. The number of carbonyl (C=O) groups is 1. The summed E-state index contributed by atoms with van der Waals surface area (Å²) in [6.45, 7) is 7.53. The van der Waals surface area contributed by atoms with Gasteiger partial charge < -0.3 is 20.1 Å². The van der Waals surface area contributed by atoms with Crippen molar-refractivity contribution in [3.63, 3.8) is 0 Å². The van der Waals surface area contributed by atoms with Crippen LogP contribution in [0.1, 0.15) is 41.0 Å². The smallest absolute Gasteiger partial charge is 0.312 e. The van der Waals surface area contributed by atoms with E-state index in [2.05, 4.69) is 10.4 Å². The molecule has 0 aliphatic heterocycles. The maximum Gasteiger partial charge on any atom is 0.312 e. The molecular weight excluding hydrogens is 440 g/mol. The van der Waals surface area contributed by atoms with E-state index in [1.165, 1.54) is 7.11 Å². The minimum atomic E-state index is -2.56. The van der Waals surface area contributed by atoms with Gasteiger partial charge in [-0.25, -0.2) is 5.09 Å². The largest absolute Gasteiger partial charge is 0.431 e. The molecule has 0 aliphatic rings. The Balaban J connectivity index is 0.000000576. The number of nitrogens with one attached hydrogen (secondary N) is 2. The number of rotatable bonds is 8. The van der Waals surface area contributed by atoms with Gasteiger partial charge in [-0.2, -0.15) is 0 Å². The molecular formula is C18H30Cl2N3O3PS. The Bertz CT molecular complexity index is 726. The summed E-state index contributed by atoms with van der Waals surface area (Å²) < 4.78 is 10.9. The lowest BCUT2D eigenvalue weighted by molar-refractivity contribution is -0.117. The highest BCUT2D eigenvalue weighted by Crippen LogP contribution is 2.46. The third-order valence-corrected chi connectivity index (χ3v) is 6.50. The lowest BCUT2D eigenvalue weighted by Gasteiger charge is -2.24. The molecule has 160 valence electrons. The molecule has 0 saturated carbocycles. The van der Waals surface area contributed by atoms with Crippen LogP contribution in [0.15, 0.2) is 29.5 Å². The number of halogens is 2. The topological polar surface area (TPSA) is 85.6 Å². The third-order valence-electron chi connectivity index (χ3n) is 3.24. The molecule has 1 aromatic rings. The molecule has 1 atom stereocenters. The average molecular weight is 470 g/mol. The van der Waals surface area contributed by atoms with Crippen molar-refractivity contribution in [2.45, 2.75) is 47.1 Å². The SMILES string of the molecule is CCCNC(=O)/C(C)=C(/C)N.COP(=S)(NC(C)C)Oc1ccc(Cl)cc1Cl. The van der Waals surface area contributed by atoms with Crippen molar-refractivity contribution in [1.82, 2.24) is 10.4 Å². The predicted molar refractivity (Wildman–Crippen MR) is 123 cm³/mol. The molecule has 0 fully saturated rings. The molecule has 28 heavy (non-hydrogen) atoms. The van der Waals surface area contributed by atoms with E-state index in [0.29, 0.717) is 33.6 Å². The van der Waals surface area contributed by atoms with Gasteiger partial charge in [0.05, 0.1) is 5.02 Å². The molecule has 0 bridgehead atoms. The van der Waals surface area contributed by atoms with Crippen molar-refractivity contribution in [2.75, 3.05) is 13.7 Å². The number of carbonyl (C=O) groups excluding carboxylic acids is 1. The number of amides is 1. The Kier molecular flexibility index (Phi) is 13.0. The normalized spacial score (nSPS) is 13.8. The fourth-order valence-corrected chi connectivity index (χ4v) is 4.32. The Hall–Kier alpha value is -0.820. The minimum absolute atomic E-state index is 0.0631. The van der Waals surface area contributed by atoms with Crippen LogP contribution in [-0.4, -0.2) is 25.6 Å². The number of hydrogen-bond acceptors (Lipinski definition) is 5. The maximum absolute atomic E-state index is 11.1. The van der Waals surface area contributed by atoms with Crippen LogP contribution >= 0.6 is 29.8 Å². The zero-order valence-corrected chi connectivity index (χ0v) is 20.4. The Morgan fingerprint density at radius 1 is 1.32 bits per heavy atom. The summed E-state index contributed by atoms with van der Waals surface area (Å²) in [5.74, 6) is 0.404. The van der Waals surface area contributed by atoms with Gasteiger partial charge in [0.2, 0.25) is 5.91 Å². The summed E-state index contributed by atoms with van der Waals surface area (Å²) in [6.07, 6.45) is 0.947. The molecule has 4 N–H and O–H groups in total. The molecule has 0 aromatic heterocycles. The van der Waals surface area contributed by atoms with Crippen molar-refractivity contribution in [3.8, 4) is 5.75 Å². The molecule has 6 nitrogen and oxygen atoms in total. The van der Waals surface area contributed by atoms with E-state index in [9.17, 15) is 4.79 Å². The average Bonchev–Trinajstić information content (AvgIpc) is 2.61. The number of hydrogen-bond donors (Lipinski definition) is 3. The van der Waals surface area contributed by atoms with Gasteiger partial charge in [-0.15, -0.1) is 0 Å². The lowest BCUT2D eigenvalue weighted by atomic mass is 10.2. The van der Waals surface area contributed by atoms with Crippen LogP contribution in [0.25, 0.3) is 0 Å². The number of nitrogens with two attached hydrogens (primary N) is 1. The van der Waals surface area contributed by atoms with Crippen molar-refractivity contribution in [2.24, 2.45) is 5.73 Å². The van der Waals surface area contributed by atoms with E-state index in [4.69, 9.17) is 49.8 Å². The quantitative estimate of drug-likeness (QED) is 0.366. The van der Waals surface area contributed by atoms with Gasteiger partial charge in [0.25, 0.3) is 0 Å². The molecule has 0 spiro atoms. The maximum atomic E-state index is 11.1. The summed E-state index contributed by atoms with van der Waals surface area (Å²) in [6, 6.07) is 5.12. The van der Waals surface area contributed by atoms with E-state index in [0.717, 1.165) is 6.42 Å². The fraction of sp³-hybridized carbons (Fsp3) is 0.500. The highest BCUT2D eigenvalue weighted by molar-refractivity contribution is 8.09. The molecule has 0 saturated heterocycles. The van der Waals surface area contributed by atoms with E-state index in [1.807, 2.05) is 20.8 Å². The molecule has 1 unspecified atom stereocenters. The minimum Gasteiger partial charge on any atom is -0.431 e. The van der Waals surface area contributed by atoms with Crippen LogP contribution < -0.4 is 20.7 Å².